The molecule has 2 N–H and O–H groups in total. The van der Waals surface area contributed by atoms with E-state index in [1.165, 1.54) is 24.0 Å². The van der Waals surface area contributed by atoms with E-state index in [-0.39, 0.29) is 0 Å². The van der Waals surface area contributed by atoms with Gasteiger partial charge in [-0.1, -0.05) is 81.4 Å². The first-order chi connectivity index (χ1) is 12.1. The maximum Gasteiger partial charge on any atom is 0.0205 e. The fourth-order valence-corrected chi connectivity index (χ4v) is 3.44. The van der Waals surface area contributed by atoms with Crippen LogP contribution >= 0.6 is 0 Å². The molecule has 0 amide bonds. The van der Waals surface area contributed by atoms with Gasteiger partial charge in [-0.15, -0.1) is 0 Å². The van der Waals surface area contributed by atoms with Crippen LogP contribution in [-0.4, -0.2) is 13.1 Å². The molecule has 2 rings (SSSR count). The second-order valence-corrected chi connectivity index (χ2v) is 8.01. The Balaban J connectivity index is 1.60. The van der Waals surface area contributed by atoms with Gasteiger partial charge in [0.25, 0.3) is 0 Å². The minimum absolute atomic E-state index is 0.327. The largest absolute Gasteiger partial charge is 0.313 e. The van der Waals surface area contributed by atoms with Crippen molar-refractivity contribution in [2.24, 2.45) is 11.3 Å². The minimum atomic E-state index is 0.327. The Kier molecular flexibility index (Phi) is 8.17. The molecule has 0 radical (unpaired) electrons. The van der Waals surface area contributed by atoms with Gasteiger partial charge in [0, 0.05) is 19.6 Å². The average Bonchev–Trinajstić information content (AvgIpc) is 2.60. The molecule has 2 heteroatoms. The van der Waals surface area contributed by atoms with Crippen LogP contribution in [0.2, 0.25) is 0 Å². The van der Waals surface area contributed by atoms with E-state index in [2.05, 4.69) is 92.1 Å². The number of hydrogen-bond donors (Lipinski definition) is 2. The number of nitrogens with one attached hydrogen (secondary N) is 2. The summed E-state index contributed by atoms with van der Waals surface area (Å²) in [5.74, 6) is 0.733. The predicted octanol–water partition coefficient (Wildman–Crippen LogP) is 5.01. The van der Waals surface area contributed by atoms with Crippen molar-refractivity contribution in [1.29, 1.82) is 0 Å². The summed E-state index contributed by atoms with van der Waals surface area (Å²) in [5.41, 5.74) is 3.05. The van der Waals surface area contributed by atoms with E-state index in [0.29, 0.717) is 5.41 Å². The molecule has 0 saturated carbocycles. The first-order valence-electron chi connectivity index (χ1n) is 9.54. The summed E-state index contributed by atoms with van der Waals surface area (Å²) in [4.78, 5) is 0. The molecule has 0 aliphatic carbocycles. The van der Waals surface area contributed by atoms with Crippen LogP contribution in [-0.2, 0) is 13.1 Å². The van der Waals surface area contributed by atoms with Gasteiger partial charge >= 0.3 is 0 Å². The molecular formula is C23H34N2. The zero-order valence-electron chi connectivity index (χ0n) is 16.1. The summed E-state index contributed by atoms with van der Waals surface area (Å²) < 4.78 is 0. The van der Waals surface area contributed by atoms with Crippen molar-refractivity contribution in [2.75, 3.05) is 13.1 Å². The molecular weight excluding hydrogens is 304 g/mol. The van der Waals surface area contributed by atoms with Gasteiger partial charge in [-0.05, 0) is 41.8 Å². The van der Waals surface area contributed by atoms with Gasteiger partial charge in [0.2, 0.25) is 0 Å². The molecule has 0 saturated heterocycles. The highest BCUT2D eigenvalue weighted by Crippen LogP contribution is 2.26. The molecule has 0 heterocycles. The van der Waals surface area contributed by atoms with Crippen LogP contribution in [0, 0.1) is 11.3 Å². The predicted molar refractivity (Wildman–Crippen MR) is 108 cm³/mol. The van der Waals surface area contributed by atoms with Crippen molar-refractivity contribution in [1.82, 2.24) is 10.6 Å². The summed E-state index contributed by atoms with van der Waals surface area (Å²) >= 11 is 0. The normalized spacial score (nSPS) is 12.9. The van der Waals surface area contributed by atoms with Gasteiger partial charge in [0.15, 0.2) is 0 Å². The molecule has 0 aromatic heterocycles. The average molecular weight is 339 g/mol. The molecule has 25 heavy (non-hydrogen) atoms. The van der Waals surface area contributed by atoms with Crippen LogP contribution in [0.25, 0.3) is 0 Å². The summed E-state index contributed by atoms with van der Waals surface area (Å²) in [5, 5.41) is 7.19. The van der Waals surface area contributed by atoms with Crippen molar-refractivity contribution < 1.29 is 0 Å². The zero-order chi connectivity index (χ0) is 18.0. The number of benzene rings is 2. The maximum atomic E-state index is 3.62. The lowest BCUT2D eigenvalue weighted by atomic mass is 9.82. The Morgan fingerprint density at radius 3 is 1.88 bits per heavy atom. The third kappa shape index (κ3) is 8.33. The second kappa shape index (κ2) is 10.4. The van der Waals surface area contributed by atoms with Crippen LogP contribution in [0.4, 0.5) is 0 Å². The molecule has 0 fully saturated rings. The van der Waals surface area contributed by atoms with Crippen molar-refractivity contribution in [3.05, 3.63) is 71.8 Å². The van der Waals surface area contributed by atoms with Gasteiger partial charge in [0.1, 0.15) is 0 Å². The van der Waals surface area contributed by atoms with Crippen LogP contribution in [0.1, 0.15) is 44.7 Å². The maximum absolute atomic E-state index is 3.62. The molecule has 2 nitrogen and oxygen atoms in total. The summed E-state index contributed by atoms with van der Waals surface area (Å²) in [6.45, 7) is 11.2. The van der Waals surface area contributed by atoms with Crippen LogP contribution in [0.3, 0.4) is 0 Å². The minimum Gasteiger partial charge on any atom is -0.313 e. The molecule has 0 spiro atoms. The molecule has 0 aliphatic rings. The van der Waals surface area contributed by atoms with E-state index in [1.807, 2.05) is 0 Å². The highest BCUT2D eigenvalue weighted by molar-refractivity contribution is 5.14. The number of hydrogen-bond acceptors (Lipinski definition) is 2. The Bertz CT molecular complexity index is 578. The standard InChI is InChI=1S/C23H34N2/c1-20(14-15-24-17-21-10-6-4-7-11-21)16-23(2,3)19-25-18-22-12-8-5-9-13-22/h4-13,20,24-25H,14-19H2,1-3H3. The van der Waals surface area contributed by atoms with Gasteiger partial charge < -0.3 is 10.6 Å². The second-order valence-electron chi connectivity index (χ2n) is 8.01. The third-order valence-corrected chi connectivity index (χ3v) is 4.66. The molecule has 1 atom stereocenters. The highest BCUT2D eigenvalue weighted by atomic mass is 14.9. The summed E-state index contributed by atoms with van der Waals surface area (Å²) in [6.07, 6.45) is 2.48. The van der Waals surface area contributed by atoms with E-state index in [1.54, 1.807) is 0 Å². The molecule has 0 aliphatic heterocycles. The van der Waals surface area contributed by atoms with Gasteiger partial charge in [-0.3, -0.25) is 0 Å². The van der Waals surface area contributed by atoms with Gasteiger partial charge in [-0.2, -0.15) is 0 Å². The smallest absolute Gasteiger partial charge is 0.0205 e. The molecule has 2 aromatic carbocycles. The highest BCUT2D eigenvalue weighted by Gasteiger charge is 2.20. The third-order valence-electron chi connectivity index (χ3n) is 4.66. The molecule has 136 valence electrons. The lowest BCUT2D eigenvalue weighted by Crippen LogP contribution is -2.31. The van der Waals surface area contributed by atoms with Gasteiger partial charge in [-0.25, -0.2) is 0 Å². The monoisotopic (exact) mass is 338 g/mol. The van der Waals surface area contributed by atoms with Crippen molar-refractivity contribution in [3.8, 4) is 0 Å². The lowest BCUT2D eigenvalue weighted by Gasteiger charge is -2.28. The lowest BCUT2D eigenvalue weighted by molar-refractivity contribution is 0.255. The topological polar surface area (TPSA) is 24.1 Å². The fraction of sp³-hybridized carbons (Fsp3) is 0.478. The van der Waals surface area contributed by atoms with Crippen molar-refractivity contribution in [3.63, 3.8) is 0 Å². The van der Waals surface area contributed by atoms with Crippen molar-refractivity contribution in [2.45, 2.75) is 46.7 Å². The van der Waals surface area contributed by atoms with E-state index in [0.717, 1.165) is 32.1 Å². The summed E-state index contributed by atoms with van der Waals surface area (Å²) in [7, 11) is 0. The van der Waals surface area contributed by atoms with E-state index in [9.17, 15) is 0 Å². The van der Waals surface area contributed by atoms with E-state index in [4.69, 9.17) is 0 Å². The van der Waals surface area contributed by atoms with E-state index < -0.39 is 0 Å². The Morgan fingerprint density at radius 2 is 1.32 bits per heavy atom. The van der Waals surface area contributed by atoms with Crippen LogP contribution in [0.5, 0.6) is 0 Å². The Hall–Kier alpha value is -1.64. The molecule has 2 aromatic rings. The fourth-order valence-electron chi connectivity index (χ4n) is 3.44. The zero-order valence-corrected chi connectivity index (χ0v) is 16.1. The molecule has 1 unspecified atom stereocenters. The summed E-state index contributed by atoms with van der Waals surface area (Å²) in [6, 6.07) is 21.3. The van der Waals surface area contributed by atoms with Gasteiger partial charge in [0.05, 0.1) is 0 Å². The van der Waals surface area contributed by atoms with E-state index >= 15 is 0 Å². The Morgan fingerprint density at radius 1 is 0.800 bits per heavy atom. The SMILES string of the molecule is CC(CCNCc1ccccc1)CC(C)(C)CNCc1ccccc1. The first kappa shape index (κ1) is 19.7. The van der Waals surface area contributed by atoms with Crippen LogP contribution < -0.4 is 10.6 Å². The van der Waals surface area contributed by atoms with Crippen molar-refractivity contribution >= 4 is 0 Å². The quantitative estimate of drug-likeness (QED) is 0.563. The molecule has 0 bridgehead atoms. The Labute approximate surface area is 154 Å². The number of rotatable bonds is 11. The first-order valence-corrected chi connectivity index (χ1v) is 9.54. The van der Waals surface area contributed by atoms with Crippen LogP contribution in [0.15, 0.2) is 60.7 Å².